The number of nitrogens with one attached hydrogen (secondary N) is 1. The molecule has 92 valence electrons. The van der Waals surface area contributed by atoms with Crippen molar-refractivity contribution in [1.29, 1.82) is 0 Å². The molecule has 2 unspecified atom stereocenters. The average Bonchev–Trinajstić information content (AvgIpc) is 3.02. The van der Waals surface area contributed by atoms with E-state index in [0.29, 0.717) is 12.0 Å². The lowest BCUT2D eigenvalue weighted by atomic mass is 9.92. The van der Waals surface area contributed by atoms with Crippen LogP contribution in [0, 0.1) is 0 Å². The van der Waals surface area contributed by atoms with Crippen molar-refractivity contribution < 1.29 is 4.74 Å². The Labute approximate surface area is 103 Å². The molecule has 3 rings (SSSR count). The number of hydrogen-bond donors (Lipinski definition) is 1. The van der Waals surface area contributed by atoms with Crippen LogP contribution in [0.25, 0.3) is 0 Å². The van der Waals surface area contributed by atoms with Gasteiger partial charge < -0.3 is 10.1 Å². The SMILES string of the molecule is CC(NC1CC1)C(C)c1ccc2c(c1)CCO2. The van der Waals surface area contributed by atoms with Crippen molar-refractivity contribution in [2.24, 2.45) is 0 Å². The molecule has 1 fully saturated rings. The first-order valence-electron chi connectivity index (χ1n) is 6.75. The normalized spacial score (nSPS) is 21.8. The summed E-state index contributed by atoms with van der Waals surface area (Å²) in [4.78, 5) is 0. The van der Waals surface area contributed by atoms with E-state index in [1.807, 2.05) is 0 Å². The van der Waals surface area contributed by atoms with Crippen LogP contribution in [-0.2, 0) is 6.42 Å². The van der Waals surface area contributed by atoms with Crippen LogP contribution in [-0.4, -0.2) is 18.7 Å². The number of ether oxygens (including phenoxy) is 1. The van der Waals surface area contributed by atoms with Gasteiger partial charge in [0.05, 0.1) is 6.61 Å². The Balaban J connectivity index is 1.73. The predicted octanol–water partition coefficient (Wildman–Crippen LogP) is 2.87. The van der Waals surface area contributed by atoms with Gasteiger partial charge in [-0.05, 0) is 42.9 Å². The van der Waals surface area contributed by atoms with Crippen LogP contribution in [0.15, 0.2) is 18.2 Å². The highest BCUT2D eigenvalue weighted by molar-refractivity contribution is 5.41. The minimum absolute atomic E-state index is 0.558. The van der Waals surface area contributed by atoms with E-state index in [9.17, 15) is 0 Å². The van der Waals surface area contributed by atoms with Crippen LogP contribution in [0.3, 0.4) is 0 Å². The Morgan fingerprint density at radius 2 is 2.12 bits per heavy atom. The van der Waals surface area contributed by atoms with Crippen molar-refractivity contribution in [2.45, 2.75) is 51.1 Å². The van der Waals surface area contributed by atoms with Crippen molar-refractivity contribution in [1.82, 2.24) is 5.32 Å². The van der Waals surface area contributed by atoms with E-state index in [4.69, 9.17) is 4.74 Å². The Hall–Kier alpha value is -1.02. The number of rotatable bonds is 4. The second kappa shape index (κ2) is 4.34. The van der Waals surface area contributed by atoms with E-state index in [0.717, 1.165) is 24.8 Å². The topological polar surface area (TPSA) is 21.3 Å². The summed E-state index contributed by atoms with van der Waals surface area (Å²) in [6.07, 6.45) is 3.78. The molecule has 1 aromatic carbocycles. The zero-order valence-electron chi connectivity index (χ0n) is 10.7. The molecule has 0 bridgehead atoms. The Kier molecular flexibility index (Phi) is 2.83. The van der Waals surface area contributed by atoms with Gasteiger partial charge in [-0.15, -0.1) is 0 Å². The molecule has 2 nitrogen and oxygen atoms in total. The lowest BCUT2D eigenvalue weighted by Crippen LogP contribution is -2.32. The first-order chi connectivity index (χ1) is 8.24. The van der Waals surface area contributed by atoms with Crippen LogP contribution in [0.2, 0.25) is 0 Å². The average molecular weight is 231 g/mol. The molecule has 0 amide bonds. The van der Waals surface area contributed by atoms with E-state index in [1.54, 1.807) is 0 Å². The molecular weight excluding hydrogens is 210 g/mol. The summed E-state index contributed by atoms with van der Waals surface area (Å²) in [5.41, 5.74) is 2.82. The summed E-state index contributed by atoms with van der Waals surface area (Å²) in [7, 11) is 0. The third-order valence-corrected chi connectivity index (χ3v) is 4.07. The van der Waals surface area contributed by atoms with Gasteiger partial charge in [-0.1, -0.05) is 19.1 Å². The van der Waals surface area contributed by atoms with E-state index in [2.05, 4.69) is 37.4 Å². The molecule has 2 aliphatic rings. The van der Waals surface area contributed by atoms with Crippen molar-refractivity contribution in [3.05, 3.63) is 29.3 Å². The van der Waals surface area contributed by atoms with Crippen LogP contribution < -0.4 is 10.1 Å². The zero-order valence-corrected chi connectivity index (χ0v) is 10.7. The largest absolute Gasteiger partial charge is 0.493 e. The molecular formula is C15H21NO. The molecule has 17 heavy (non-hydrogen) atoms. The van der Waals surface area contributed by atoms with Gasteiger partial charge in [0, 0.05) is 18.5 Å². The molecule has 0 radical (unpaired) electrons. The van der Waals surface area contributed by atoms with Crippen LogP contribution in [0.1, 0.15) is 43.7 Å². The molecule has 0 aromatic heterocycles. The molecule has 0 spiro atoms. The first-order valence-corrected chi connectivity index (χ1v) is 6.75. The van der Waals surface area contributed by atoms with Crippen molar-refractivity contribution >= 4 is 0 Å². The van der Waals surface area contributed by atoms with Crippen molar-refractivity contribution in [3.63, 3.8) is 0 Å². The van der Waals surface area contributed by atoms with Gasteiger partial charge >= 0.3 is 0 Å². The summed E-state index contributed by atoms with van der Waals surface area (Å²) in [6, 6.07) is 8.03. The second-order valence-electron chi connectivity index (χ2n) is 5.48. The third-order valence-electron chi connectivity index (χ3n) is 4.07. The Morgan fingerprint density at radius 3 is 2.88 bits per heavy atom. The minimum Gasteiger partial charge on any atom is -0.493 e. The van der Waals surface area contributed by atoms with Gasteiger partial charge in [0.15, 0.2) is 0 Å². The van der Waals surface area contributed by atoms with Crippen LogP contribution in [0.4, 0.5) is 0 Å². The third kappa shape index (κ3) is 2.32. The van der Waals surface area contributed by atoms with Gasteiger partial charge in [0.2, 0.25) is 0 Å². The van der Waals surface area contributed by atoms with E-state index in [1.165, 1.54) is 24.0 Å². The molecule has 2 heteroatoms. The zero-order chi connectivity index (χ0) is 11.8. The van der Waals surface area contributed by atoms with Gasteiger partial charge in [0.1, 0.15) is 5.75 Å². The van der Waals surface area contributed by atoms with Gasteiger partial charge in [-0.25, -0.2) is 0 Å². The number of hydrogen-bond acceptors (Lipinski definition) is 2. The van der Waals surface area contributed by atoms with Gasteiger partial charge in [-0.3, -0.25) is 0 Å². The quantitative estimate of drug-likeness (QED) is 0.860. The fourth-order valence-electron chi connectivity index (χ4n) is 2.54. The fraction of sp³-hybridized carbons (Fsp3) is 0.600. The molecule has 1 N–H and O–H groups in total. The number of fused-ring (bicyclic) bond motifs is 1. The van der Waals surface area contributed by atoms with Crippen molar-refractivity contribution in [2.75, 3.05) is 6.61 Å². The Bertz CT molecular complexity index is 411. The molecule has 2 atom stereocenters. The molecule has 1 aliphatic heterocycles. The van der Waals surface area contributed by atoms with Crippen molar-refractivity contribution in [3.8, 4) is 5.75 Å². The maximum atomic E-state index is 5.55. The molecule has 1 aliphatic carbocycles. The smallest absolute Gasteiger partial charge is 0.122 e. The van der Waals surface area contributed by atoms with Crippen LogP contribution in [0.5, 0.6) is 5.75 Å². The highest BCUT2D eigenvalue weighted by Crippen LogP contribution is 2.30. The van der Waals surface area contributed by atoms with E-state index in [-0.39, 0.29) is 0 Å². The Morgan fingerprint density at radius 1 is 1.29 bits per heavy atom. The van der Waals surface area contributed by atoms with E-state index >= 15 is 0 Å². The molecule has 1 heterocycles. The summed E-state index contributed by atoms with van der Waals surface area (Å²) >= 11 is 0. The lowest BCUT2D eigenvalue weighted by Gasteiger charge is -2.22. The highest BCUT2D eigenvalue weighted by atomic mass is 16.5. The summed E-state index contributed by atoms with van der Waals surface area (Å²) in [5.74, 6) is 1.66. The fourth-order valence-corrected chi connectivity index (χ4v) is 2.54. The van der Waals surface area contributed by atoms with Gasteiger partial charge in [-0.2, -0.15) is 0 Å². The maximum absolute atomic E-state index is 5.55. The predicted molar refractivity (Wildman–Crippen MR) is 69.7 cm³/mol. The molecule has 1 aromatic rings. The standard InChI is InChI=1S/C15H21NO/c1-10(11(2)16-14-4-5-14)12-3-6-15-13(9-12)7-8-17-15/h3,6,9-11,14,16H,4-5,7-8H2,1-2H3. The van der Waals surface area contributed by atoms with Gasteiger partial charge in [0.25, 0.3) is 0 Å². The second-order valence-corrected chi connectivity index (χ2v) is 5.48. The maximum Gasteiger partial charge on any atom is 0.122 e. The van der Waals surface area contributed by atoms with Crippen LogP contribution >= 0.6 is 0 Å². The monoisotopic (exact) mass is 231 g/mol. The van der Waals surface area contributed by atoms with E-state index < -0.39 is 0 Å². The number of benzene rings is 1. The highest BCUT2D eigenvalue weighted by Gasteiger charge is 2.26. The first kappa shape index (κ1) is 11.1. The summed E-state index contributed by atoms with van der Waals surface area (Å²) in [5, 5.41) is 3.69. The summed E-state index contributed by atoms with van der Waals surface area (Å²) < 4.78 is 5.55. The molecule has 1 saturated carbocycles. The lowest BCUT2D eigenvalue weighted by molar-refractivity contribution is 0.356. The summed E-state index contributed by atoms with van der Waals surface area (Å²) in [6.45, 7) is 5.47. The minimum atomic E-state index is 0.558. The molecule has 0 saturated heterocycles.